The SMILES string of the molecule is Cc1ccc(C(=O)Nc2cnc(N3CCOC(C)C3)nc2)cc1. The van der Waals surface area contributed by atoms with Crippen molar-refractivity contribution in [3.63, 3.8) is 0 Å². The maximum Gasteiger partial charge on any atom is 0.255 e. The van der Waals surface area contributed by atoms with E-state index in [1.165, 1.54) is 0 Å². The number of hydrogen-bond acceptors (Lipinski definition) is 5. The van der Waals surface area contributed by atoms with E-state index in [-0.39, 0.29) is 12.0 Å². The molecular formula is C17H20N4O2. The average Bonchev–Trinajstić information content (AvgIpc) is 2.56. The van der Waals surface area contributed by atoms with E-state index < -0.39 is 0 Å². The molecule has 1 aromatic heterocycles. The zero-order valence-corrected chi connectivity index (χ0v) is 13.3. The molecule has 0 saturated carbocycles. The van der Waals surface area contributed by atoms with Crippen molar-refractivity contribution in [1.82, 2.24) is 9.97 Å². The first-order valence-electron chi connectivity index (χ1n) is 7.68. The number of anilines is 2. The van der Waals surface area contributed by atoms with Crippen LogP contribution in [0.3, 0.4) is 0 Å². The van der Waals surface area contributed by atoms with Crippen LogP contribution in [0.2, 0.25) is 0 Å². The number of aromatic nitrogens is 2. The summed E-state index contributed by atoms with van der Waals surface area (Å²) in [7, 11) is 0. The molecule has 1 aliphatic rings. The first-order chi connectivity index (χ1) is 11.1. The van der Waals surface area contributed by atoms with Crippen LogP contribution in [0.5, 0.6) is 0 Å². The largest absolute Gasteiger partial charge is 0.375 e. The van der Waals surface area contributed by atoms with Gasteiger partial charge in [-0.25, -0.2) is 9.97 Å². The van der Waals surface area contributed by atoms with Gasteiger partial charge in [-0.05, 0) is 26.0 Å². The van der Waals surface area contributed by atoms with Crippen LogP contribution in [-0.4, -0.2) is 41.7 Å². The smallest absolute Gasteiger partial charge is 0.255 e. The third-order valence-electron chi connectivity index (χ3n) is 3.73. The van der Waals surface area contributed by atoms with Crippen molar-refractivity contribution in [2.75, 3.05) is 29.9 Å². The minimum absolute atomic E-state index is 0.165. The van der Waals surface area contributed by atoms with E-state index in [1.807, 2.05) is 26.0 Å². The molecule has 2 heterocycles. The highest BCUT2D eigenvalue weighted by atomic mass is 16.5. The number of ether oxygens (including phenoxy) is 1. The van der Waals surface area contributed by atoms with E-state index in [1.54, 1.807) is 24.5 Å². The number of carbonyl (C=O) groups is 1. The van der Waals surface area contributed by atoms with Crippen LogP contribution in [0.4, 0.5) is 11.6 Å². The number of benzene rings is 1. The van der Waals surface area contributed by atoms with Gasteiger partial charge in [0.1, 0.15) is 0 Å². The molecule has 0 aliphatic carbocycles. The predicted molar refractivity (Wildman–Crippen MR) is 88.8 cm³/mol. The fraction of sp³-hybridized carbons (Fsp3) is 0.353. The van der Waals surface area contributed by atoms with Gasteiger partial charge in [0.25, 0.3) is 5.91 Å². The fourth-order valence-corrected chi connectivity index (χ4v) is 2.46. The lowest BCUT2D eigenvalue weighted by Gasteiger charge is -2.31. The summed E-state index contributed by atoms with van der Waals surface area (Å²) in [5.41, 5.74) is 2.32. The lowest BCUT2D eigenvalue weighted by Crippen LogP contribution is -2.41. The van der Waals surface area contributed by atoms with Gasteiger partial charge in [0.2, 0.25) is 5.95 Å². The van der Waals surface area contributed by atoms with Gasteiger partial charge in [0.05, 0.1) is 30.8 Å². The predicted octanol–water partition coefficient (Wildman–Crippen LogP) is 2.26. The highest BCUT2D eigenvalue weighted by molar-refractivity contribution is 6.04. The molecule has 1 N–H and O–H groups in total. The second-order valence-corrected chi connectivity index (χ2v) is 5.72. The molecule has 120 valence electrons. The van der Waals surface area contributed by atoms with Crippen LogP contribution in [0.1, 0.15) is 22.8 Å². The van der Waals surface area contributed by atoms with Gasteiger partial charge in [0.15, 0.2) is 0 Å². The van der Waals surface area contributed by atoms with Gasteiger partial charge in [-0.2, -0.15) is 0 Å². The van der Waals surface area contributed by atoms with Gasteiger partial charge < -0.3 is 15.0 Å². The molecule has 2 aromatic rings. The second kappa shape index (κ2) is 6.75. The van der Waals surface area contributed by atoms with Gasteiger partial charge in [0, 0.05) is 18.7 Å². The van der Waals surface area contributed by atoms with E-state index in [2.05, 4.69) is 20.2 Å². The maximum atomic E-state index is 12.2. The Kier molecular flexibility index (Phi) is 4.52. The van der Waals surface area contributed by atoms with E-state index in [0.717, 1.165) is 18.7 Å². The Morgan fingerprint density at radius 1 is 1.26 bits per heavy atom. The fourth-order valence-electron chi connectivity index (χ4n) is 2.46. The highest BCUT2D eigenvalue weighted by Crippen LogP contribution is 2.15. The number of carbonyl (C=O) groups excluding carboxylic acids is 1. The monoisotopic (exact) mass is 312 g/mol. The number of nitrogens with zero attached hydrogens (tertiary/aromatic N) is 3. The molecule has 0 radical (unpaired) electrons. The molecule has 1 atom stereocenters. The van der Waals surface area contributed by atoms with Crippen molar-refractivity contribution in [2.45, 2.75) is 20.0 Å². The van der Waals surface area contributed by atoms with Crippen LogP contribution in [0.15, 0.2) is 36.7 Å². The van der Waals surface area contributed by atoms with Crippen LogP contribution in [0, 0.1) is 6.92 Å². The summed E-state index contributed by atoms with van der Waals surface area (Å²) < 4.78 is 5.51. The molecule has 1 fully saturated rings. The number of morpholine rings is 1. The topological polar surface area (TPSA) is 67.4 Å². The van der Waals surface area contributed by atoms with Gasteiger partial charge in [-0.3, -0.25) is 4.79 Å². The molecule has 23 heavy (non-hydrogen) atoms. The number of nitrogens with one attached hydrogen (secondary N) is 1. The van der Waals surface area contributed by atoms with Crippen LogP contribution in [0.25, 0.3) is 0 Å². The first kappa shape index (κ1) is 15.4. The molecular weight excluding hydrogens is 292 g/mol. The zero-order valence-electron chi connectivity index (χ0n) is 13.3. The molecule has 1 amide bonds. The summed E-state index contributed by atoms with van der Waals surface area (Å²) in [5.74, 6) is 0.495. The van der Waals surface area contributed by atoms with Crippen LogP contribution < -0.4 is 10.2 Å². The van der Waals surface area contributed by atoms with Gasteiger partial charge >= 0.3 is 0 Å². The Bertz CT molecular complexity index is 670. The van der Waals surface area contributed by atoms with Crippen molar-refractivity contribution < 1.29 is 9.53 Å². The molecule has 6 heteroatoms. The number of aryl methyl sites for hydroxylation is 1. The van der Waals surface area contributed by atoms with Gasteiger partial charge in [-0.1, -0.05) is 17.7 Å². The number of amides is 1. The minimum atomic E-state index is -0.165. The Labute approximate surface area is 135 Å². The summed E-state index contributed by atoms with van der Waals surface area (Å²) in [5, 5.41) is 2.81. The number of hydrogen-bond donors (Lipinski definition) is 1. The van der Waals surface area contributed by atoms with Crippen molar-refractivity contribution in [2.24, 2.45) is 0 Å². The second-order valence-electron chi connectivity index (χ2n) is 5.72. The van der Waals surface area contributed by atoms with E-state index in [9.17, 15) is 4.79 Å². The molecule has 0 spiro atoms. The molecule has 6 nitrogen and oxygen atoms in total. The van der Waals surface area contributed by atoms with E-state index in [4.69, 9.17) is 4.74 Å². The summed E-state index contributed by atoms with van der Waals surface area (Å²) in [6.45, 7) is 6.24. The Morgan fingerprint density at radius 2 is 1.96 bits per heavy atom. The molecule has 1 aliphatic heterocycles. The molecule has 0 bridgehead atoms. The highest BCUT2D eigenvalue weighted by Gasteiger charge is 2.18. The maximum absolute atomic E-state index is 12.2. The van der Waals surface area contributed by atoms with Crippen LogP contribution in [-0.2, 0) is 4.74 Å². The Hall–Kier alpha value is -2.47. The average molecular weight is 312 g/mol. The summed E-state index contributed by atoms with van der Waals surface area (Å²) in [6.07, 6.45) is 3.44. The van der Waals surface area contributed by atoms with E-state index >= 15 is 0 Å². The minimum Gasteiger partial charge on any atom is -0.375 e. The summed E-state index contributed by atoms with van der Waals surface area (Å²) >= 11 is 0. The Balaban J connectivity index is 1.65. The first-order valence-corrected chi connectivity index (χ1v) is 7.68. The quantitative estimate of drug-likeness (QED) is 0.941. The van der Waals surface area contributed by atoms with Crippen molar-refractivity contribution in [3.8, 4) is 0 Å². The molecule has 3 rings (SSSR count). The molecule has 1 aromatic carbocycles. The summed E-state index contributed by atoms with van der Waals surface area (Å²) in [6, 6.07) is 7.42. The van der Waals surface area contributed by atoms with Crippen molar-refractivity contribution in [3.05, 3.63) is 47.8 Å². The molecule has 1 unspecified atom stereocenters. The third kappa shape index (κ3) is 3.84. The van der Waals surface area contributed by atoms with Crippen molar-refractivity contribution in [1.29, 1.82) is 0 Å². The zero-order chi connectivity index (χ0) is 16.2. The standard InChI is InChI=1S/C17H20N4O2/c1-12-3-5-14(6-4-12)16(22)20-15-9-18-17(19-10-15)21-7-8-23-13(2)11-21/h3-6,9-10,13H,7-8,11H2,1-2H3,(H,20,22). The molecule has 1 saturated heterocycles. The van der Waals surface area contributed by atoms with Gasteiger partial charge in [-0.15, -0.1) is 0 Å². The lowest BCUT2D eigenvalue weighted by molar-refractivity contribution is 0.0526. The normalized spacial score (nSPS) is 17.8. The summed E-state index contributed by atoms with van der Waals surface area (Å²) in [4.78, 5) is 22.9. The number of rotatable bonds is 3. The van der Waals surface area contributed by atoms with Crippen LogP contribution >= 0.6 is 0 Å². The third-order valence-corrected chi connectivity index (χ3v) is 3.73. The Morgan fingerprint density at radius 3 is 2.61 bits per heavy atom. The lowest BCUT2D eigenvalue weighted by atomic mass is 10.1. The van der Waals surface area contributed by atoms with E-state index in [0.29, 0.717) is 23.8 Å². The van der Waals surface area contributed by atoms with Crippen molar-refractivity contribution >= 4 is 17.5 Å².